The predicted octanol–water partition coefficient (Wildman–Crippen LogP) is 4.48. The lowest BCUT2D eigenvalue weighted by molar-refractivity contribution is -0.119. The maximum atomic E-state index is 13.9. The van der Waals surface area contributed by atoms with Crippen LogP contribution in [-0.2, 0) is 11.3 Å². The first kappa shape index (κ1) is 27.1. The highest BCUT2D eigenvalue weighted by Gasteiger charge is 2.25. The summed E-state index contributed by atoms with van der Waals surface area (Å²) in [5.41, 5.74) is 0.0620. The van der Waals surface area contributed by atoms with E-state index in [0.29, 0.717) is 48.5 Å². The van der Waals surface area contributed by atoms with Gasteiger partial charge in [-0.2, -0.15) is 0 Å². The van der Waals surface area contributed by atoms with E-state index in [0.717, 1.165) is 11.0 Å². The molecule has 0 radical (unpaired) electrons. The number of para-hydroxylation sites is 1. The molecule has 1 fully saturated rings. The zero-order valence-corrected chi connectivity index (χ0v) is 21.7. The van der Waals surface area contributed by atoms with Crippen molar-refractivity contribution in [3.05, 3.63) is 99.2 Å². The minimum atomic E-state index is -1.29. The quantitative estimate of drug-likeness (QED) is 0.273. The molecular weight excluding hydrogens is 520 g/mol. The summed E-state index contributed by atoms with van der Waals surface area (Å²) < 4.78 is 40.3. The van der Waals surface area contributed by atoms with Gasteiger partial charge in [-0.1, -0.05) is 30.3 Å². The summed E-state index contributed by atoms with van der Waals surface area (Å²) in [5, 5.41) is 0.197. The number of piperidine rings is 1. The van der Waals surface area contributed by atoms with Crippen LogP contribution in [0.25, 0.3) is 10.9 Å². The first-order valence-corrected chi connectivity index (χ1v) is 13.1. The number of aromatic nitrogens is 2. The molecule has 1 amide bonds. The molecule has 0 bridgehead atoms. The maximum Gasteiger partial charge on any atom is 0.332 e. The lowest BCUT2D eigenvalue weighted by Gasteiger charge is -2.31. The Labute approximate surface area is 229 Å². The summed E-state index contributed by atoms with van der Waals surface area (Å²) in [4.78, 5) is 40.5. The normalized spacial score (nSPS) is 14.0. The molecule has 0 N–H and O–H groups in total. The van der Waals surface area contributed by atoms with Gasteiger partial charge in [0.15, 0.2) is 6.10 Å². The molecule has 5 rings (SSSR count). The summed E-state index contributed by atoms with van der Waals surface area (Å²) in [7, 11) is 0. The van der Waals surface area contributed by atoms with Gasteiger partial charge in [0.2, 0.25) is 6.41 Å². The number of carbonyl (C=O) groups excluding carboxylic acids is 1. The number of rotatable bonds is 10. The molecule has 1 aliphatic heterocycles. The molecule has 0 atom stereocenters. The van der Waals surface area contributed by atoms with E-state index in [1.54, 1.807) is 39.8 Å². The molecule has 0 spiro atoms. The van der Waals surface area contributed by atoms with Gasteiger partial charge in [-0.05, 0) is 60.9 Å². The predicted molar refractivity (Wildman–Crippen MR) is 147 cm³/mol. The largest absolute Gasteiger partial charge is 0.485 e. The van der Waals surface area contributed by atoms with Gasteiger partial charge in [0.1, 0.15) is 30.6 Å². The van der Waals surface area contributed by atoms with Gasteiger partial charge >= 0.3 is 5.69 Å². The Morgan fingerprint density at radius 1 is 0.875 bits per heavy atom. The number of carbonyl (C=O) groups is 1. The first-order chi connectivity index (χ1) is 19.5. The third kappa shape index (κ3) is 5.75. The van der Waals surface area contributed by atoms with Gasteiger partial charge in [-0.15, -0.1) is 0 Å². The van der Waals surface area contributed by atoms with Crippen LogP contribution < -0.4 is 20.7 Å². The van der Waals surface area contributed by atoms with Gasteiger partial charge in [-0.3, -0.25) is 18.7 Å². The number of amides is 1. The molecule has 1 saturated heterocycles. The molecule has 0 aliphatic carbocycles. The maximum absolute atomic E-state index is 13.9. The molecule has 10 heteroatoms. The van der Waals surface area contributed by atoms with Crippen LogP contribution in [0, 0.1) is 0 Å². The van der Waals surface area contributed by atoms with Crippen LogP contribution in [0.3, 0.4) is 0 Å². The summed E-state index contributed by atoms with van der Waals surface area (Å²) in [5.74, 6) is 1.34. The lowest BCUT2D eigenvalue weighted by atomic mass is 10.0. The number of alkyl halides is 2. The van der Waals surface area contributed by atoms with Crippen LogP contribution >= 0.6 is 0 Å². The number of fused-ring (bicyclic) bond motifs is 1. The first-order valence-electron chi connectivity index (χ1n) is 13.1. The topological polar surface area (TPSA) is 82.8 Å². The highest BCUT2D eigenvalue weighted by molar-refractivity contribution is 5.80. The second-order valence-electron chi connectivity index (χ2n) is 9.71. The Morgan fingerprint density at radius 3 is 2.30 bits per heavy atom. The molecule has 208 valence electrons. The second-order valence-corrected chi connectivity index (χ2v) is 9.71. The molecule has 40 heavy (non-hydrogen) atoms. The summed E-state index contributed by atoms with van der Waals surface area (Å²) >= 11 is 0. The lowest BCUT2D eigenvalue weighted by Crippen LogP contribution is -2.44. The number of benzene rings is 3. The zero-order chi connectivity index (χ0) is 28.1. The van der Waals surface area contributed by atoms with Crippen LogP contribution in [0.5, 0.6) is 17.2 Å². The zero-order valence-electron chi connectivity index (χ0n) is 21.7. The third-order valence-corrected chi connectivity index (χ3v) is 7.02. The number of hydrogen-bond acceptors (Lipinski definition) is 5. The molecule has 0 saturated carbocycles. The Hall–Kier alpha value is -4.47. The highest BCUT2D eigenvalue weighted by Crippen LogP contribution is 2.27. The average molecular weight is 550 g/mol. The fourth-order valence-electron chi connectivity index (χ4n) is 4.99. The van der Waals surface area contributed by atoms with E-state index in [2.05, 4.69) is 0 Å². The van der Waals surface area contributed by atoms with Gasteiger partial charge in [0.05, 0.1) is 17.4 Å². The standard InChI is InChI=1S/C30H29F2N3O5/c31-17-26(18-32)40-25-9-10-28-27(16-25)29(37)34(30(38)35(28)22-11-13-33(20-36)14-12-22)19-21-5-4-8-24(15-21)39-23-6-2-1-3-7-23/h1-10,15-16,20,22,26H,11-14,17-19H2. The monoisotopic (exact) mass is 549 g/mol. The van der Waals surface area contributed by atoms with E-state index in [1.165, 1.54) is 12.1 Å². The van der Waals surface area contributed by atoms with Crippen LogP contribution in [0.4, 0.5) is 8.78 Å². The number of halogens is 2. The smallest absolute Gasteiger partial charge is 0.332 e. The Morgan fingerprint density at radius 2 is 1.60 bits per heavy atom. The van der Waals surface area contributed by atoms with Gasteiger partial charge < -0.3 is 14.4 Å². The van der Waals surface area contributed by atoms with E-state index in [1.807, 2.05) is 30.3 Å². The van der Waals surface area contributed by atoms with Crippen molar-refractivity contribution in [1.82, 2.24) is 14.0 Å². The Balaban J connectivity index is 1.57. The molecule has 0 unspecified atom stereocenters. The highest BCUT2D eigenvalue weighted by atomic mass is 19.1. The van der Waals surface area contributed by atoms with Crippen molar-refractivity contribution in [3.8, 4) is 17.2 Å². The molecule has 1 aliphatic rings. The van der Waals surface area contributed by atoms with Gasteiger partial charge in [0, 0.05) is 19.1 Å². The van der Waals surface area contributed by atoms with E-state index in [4.69, 9.17) is 9.47 Å². The van der Waals surface area contributed by atoms with E-state index in [9.17, 15) is 23.2 Å². The van der Waals surface area contributed by atoms with Crippen LogP contribution in [-0.4, -0.2) is 53.0 Å². The van der Waals surface area contributed by atoms with Gasteiger partial charge in [-0.25, -0.2) is 13.6 Å². The Kier molecular flexibility index (Phi) is 8.23. The van der Waals surface area contributed by atoms with Crippen molar-refractivity contribution in [3.63, 3.8) is 0 Å². The van der Waals surface area contributed by atoms with Crippen molar-refractivity contribution in [2.45, 2.75) is 31.5 Å². The molecule has 3 aromatic carbocycles. The van der Waals surface area contributed by atoms with Crippen LogP contribution in [0.15, 0.2) is 82.4 Å². The molecule has 1 aromatic heterocycles. The summed E-state index contributed by atoms with van der Waals surface area (Å²) in [6.07, 6.45) is 0.580. The Bertz CT molecular complexity index is 1590. The third-order valence-electron chi connectivity index (χ3n) is 7.02. The van der Waals surface area contributed by atoms with Crippen molar-refractivity contribution in [2.24, 2.45) is 0 Å². The number of likely N-dealkylation sites (tertiary alicyclic amines) is 1. The number of hydrogen-bond donors (Lipinski definition) is 0. The fourth-order valence-corrected chi connectivity index (χ4v) is 4.99. The molecule has 4 aromatic rings. The van der Waals surface area contributed by atoms with Crippen molar-refractivity contribution < 1.29 is 23.0 Å². The van der Waals surface area contributed by atoms with E-state index >= 15 is 0 Å². The van der Waals surface area contributed by atoms with E-state index in [-0.39, 0.29) is 23.7 Å². The fraction of sp³-hybridized carbons (Fsp3) is 0.300. The SMILES string of the molecule is O=CN1CCC(n2c(=O)n(Cc3cccc(Oc4ccccc4)c3)c(=O)c3cc(OC(CF)CF)ccc32)CC1. The molecule has 8 nitrogen and oxygen atoms in total. The van der Waals surface area contributed by atoms with Crippen LogP contribution in [0.2, 0.25) is 0 Å². The minimum absolute atomic E-state index is 0.0184. The number of ether oxygens (including phenoxy) is 2. The van der Waals surface area contributed by atoms with Crippen molar-refractivity contribution >= 4 is 17.3 Å². The minimum Gasteiger partial charge on any atom is -0.485 e. The second kappa shape index (κ2) is 12.1. The summed E-state index contributed by atoms with van der Waals surface area (Å²) in [6.45, 7) is -1.09. The van der Waals surface area contributed by atoms with Crippen molar-refractivity contribution in [1.29, 1.82) is 0 Å². The van der Waals surface area contributed by atoms with Gasteiger partial charge in [0.25, 0.3) is 5.56 Å². The average Bonchev–Trinajstić information content (AvgIpc) is 2.99. The van der Waals surface area contributed by atoms with Crippen molar-refractivity contribution in [2.75, 3.05) is 26.4 Å². The van der Waals surface area contributed by atoms with E-state index < -0.39 is 30.7 Å². The van der Waals surface area contributed by atoms with Crippen LogP contribution in [0.1, 0.15) is 24.4 Å². The summed E-state index contributed by atoms with van der Waals surface area (Å²) in [6, 6.07) is 20.6. The number of nitrogens with zero attached hydrogens (tertiary/aromatic N) is 3. The molecular formula is C30H29F2N3O5. The molecule has 2 heterocycles.